The van der Waals surface area contributed by atoms with E-state index in [1.807, 2.05) is 58.3 Å². The summed E-state index contributed by atoms with van der Waals surface area (Å²) in [7, 11) is 1.68. The van der Waals surface area contributed by atoms with Crippen LogP contribution in [-0.4, -0.2) is 61.6 Å². The second-order valence-corrected chi connectivity index (χ2v) is 7.69. The standard InChI is InChI=1S/C23H28N4O3/c1-30-21-6-3-2-5-20(21)25-13-15-26(16-14-25)23(29)24-19-10-8-18(9-11-19)17-27-12-4-7-22(27)28/h2-3,5-6,8-11H,4,7,12-17H2,1H3,(H,24,29). The molecule has 0 spiro atoms. The van der Waals surface area contributed by atoms with Gasteiger partial charge in [-0.05, 0) is 36.2 Å². The van der Waals surface area contributed by atoms with E-state index in [4.69, 9.17) is 4.74 Å². The van der Waals surface area contributed by atoms with Gasteiger partial charge in [0.05, 0.1) is 12.8 Å². The number of hydrogen-bond donors (Lipinski definition) is 1. The largest absolute Gasteiger partial charge is 0.495 e. The number of nitrogens with zero attached hydrogens (tertiary/aromatic N) is 3. The van der Waals surface area contributed by atoms with Crippen molar-refractivity contribution in [2.45, 2.75) is 19.4 Å². The second kappa shape index (κ2) is 9.07. The third-order valence-electron chi connectivity index (χ3n) is 5.74. The summed E-state index contributed by atoms with van der Waals surface area (Å²) in [4.78, 5) is 30.4. The van der Waals surface area contributed by atoms with Crippen molar-refractivity contribution in [1.82, 2.24) is 9.80 Å². The summed E-state index contributed by atoms with van der Waals surface area (Å²) in [5.41, 5.74) is 2.91. The molecule has 1 N–H and O–H groups in total. The molecule has 2 saturated heterocycles. The van der Waals surface area contributed by atoms with Gasteiger partial charge in [-0.2, -0.15) is 0 Å². The summed E-state index contributed by atoms with van der Waals surface area (Å²) < 4.78 is 5.45. The Kier molecular flexibility index (Phi) is 6.07. The molecule has 0 unspecified atom stereocenters. The lowest BCUT2D eigenvalue weighted by Crippen LogP contribution is -2.50. The number of methoxy groups -OCH3 is 1. The van der Waals surface area contributed by atoms with E-state index in [2.05, 4.69) is 10.2 Å². The molecule has 0 saturated carbocycles. The zero-order chi connectivity index (χ0) is 20.9. The minimum atomic E-state index is -0.0860. The number of anilines is 2. The van der Waals surface area contributed by atoms with Gasteiger partial charge in [0.2, 0.25) is 5.91 Å². The van der Waals surface area contributed by atoms with Crippen molar-refractivity contribution < 1.29 is 14.3 Å². The van der Waals surface area contributed by atoms with Gasteiger partial charge in [0.25, 0.3) is 0 Å². The van der Waals surface area contributed by atoms with Crippen LogP contribution in [0.3, 0.4) is 0 Å². The normalized spacial score (nSPS) is 16.7. The van der Waals surface area contributed by atoms with E-state index in [9.17, 15) is 9.59 Å². The first-order chi connectivity index (χ1) is 14.6. The number of urea groups is 1. The Morgan fingerprint density at radius 3 is 2.40 bits per heavy atom. The van der Waals surface area contributed by atoms with Gasteiger partial charge in [0.1, 0.15) is 5.75 Å². The minimum Gasteiger partial charge on any atom is -0.495 e. The lowest BCUT2D eigenvalue weighted by atomic mass is 10.2. The van der Waals surface area contributed by atoms with E-state index in [1.54, 1.807) is 7.11 Å². The first-order valence-corrected chi connectivity index (χ1v) is 10.4. The topological polar surface area (TPSA) is 65.1 Å². The maximum absolute atomic E-state index is 12.7. The fourth-order valence-corrected chi connectivity index (χ4v) is 4.03. The van der Waals surface area contributed by atoms with Crippen LogP contribution in [0.1, 0.15) is 18.4 Å². The van der Waals surface area contributed by atoms with Crippen molar-refractivity contribution in [3.63, 3.8) is 0 Å². The van der Waals surface area contributed by atoms with Gasteiger partial charge in [-0.15, -0.1) is 0 Å². The molecule has 3 amide bonds. The van der Waals surface area contributed by atoms with Gasteiger partial charge in [-0.3, -0.25) is 4.79 Å². The number of nitrogens with one attached hydrogen (secondary N) is 1. The molecule has 30 heavy (non-hydrogen) atoms. The van der Waals surface area contributed by atoms with Crippen LogP contribution in [0.15, 0.2) is 48.5 Å². The lowest BCUT2D eigenvalue weighted by molar-refractivity contribution is -0.128. The highest BCUT2D eigenvalue weighted by Crippen LogP contribution is 2.28. The number of amides is 3. The van der Waals surface area contributed by atoms with E-state index >= 15 is 0 Å². The molecule has 2 fully saturated rings. The molecule has 2 aliphatic heterocycles. The molecule has 4 rings (SSSR count). The van der Waals surface area contributed by atoms with Crippen LogP contribution in [0, 0.1) is 0 Å². The zero-order valence-corrected chi connectivity index (χ0v) is 17.3. The van der Waals surface area contributed by atoms with Crippen LogP contribution in [0.4, 0.5) is 16.2 Å². The first kappa shape index (κ1) is 20.1. The molecular weight excluding hydrogens is 380 g/mol. The Labute approximate surface area is 177 Å². The van der Waals surface area contributed by atoms with Crippen LogP contribution >= 0.6 is 0 Å². The molecule has 0 atom stereocenters. The zero-order valence-electron chi connectivity index (χ0n) is 17.3. The predicted octanol–water partition coefficient (Wildman–Crippen LogP) is 3.17. The number of carbonyl (C=O) groups is 2. The van der Waals surface area contributed by atoms with Gasteiger partial charge in [0.15, 0.2) is 0 Å². The average Bonchev–Trinajstić information content (AvgIpc) is 3.19. The number of carbonyl (C=O) groups excluding carboxylic acids is 2. The molecular formula is C23H28N4O3. The van der Waals surface area contributed by atoms with Crippen molar-refractivity contribution >= 4 is 23.3 Å². The van der Waals surface area contributed by atoms with E-state index in [0.29, 0.717) is 26.1 Å². The molecule has 2 aliphatic rings. The minimum absolute atomic E-state index is 0.0860. The summed E-state index contributed by atoms with van der Waals surface area (Å²) in [6.45, 7) is 4.29. The van der Waals surface area contributed by atoms with Crippen molar-refractivity contribution in [2.24, 2.45) is 0 Å². The molecule has 7 nitrogen and oxygen atoms in total. The maximum Gasteiger partial charge on any atom is 0.321 e. The fourth-order valence-electron chi connectivity index (χ4n) is 4.03. The number of hydrogen-bond acceptors (Lipinski definition) is 4. The summed E-state index contributed by atoms with van der Waals surface area (Å²) in [5.74, 6) is 1.07. The number of ether oxygens (including phenoxy) is 1. The summed E-state index contributed by atoms with van der Waals surface area (Å²) >= 11 is 0. The fraction of sp³-hybridized carbons (Fsp3) is 0.391. The molecule has 158 valence electrons. The summed E-state index contributed by atoms with van der Waals surface area (Å²) in [6.07, 6.45) is 1.59. The van der Waals surface area contributed by atoms with Crippen LogP contribution in [0.2, 0.25) is 0 Å². The monoisotopic (exact) mass is 408 g/mol. The highest BCUT2D eigenvalue weighted by Gasteiger charge is 2.23. The second-order valence-electron chi connectivity index (χ2n) is 7.69. The van der Waals surface area contributed by atoms with Gasteiger partial charge >= 0.3 is 6.03 Å². The molecule has 7 heteroatoms. The number of para-hydroxylation sites is 2. The average molecular weight is 409 g/mol. The molecule has 2 aromatic carbocycles. The Morgan fingerprint density at radius 1 is 1.00 bits per heavy atom. The van der Waals surface area contributed by atoms with E-state index in [1.165, 1.54) is 0 Å². The lowest BCUT2D eigenvalue weighted by Gasteiger charge is -2.36. The van der Waals surface area contributed by atoms with Gasteiger partial charge in [-0.1, -0.05) is 24.3 Å². The third-order valence-corrected chi connectivity index (χ3v) is 5.74. The van der Waals surface area contributed by atoms with E-state index in [0.717, 1.165) is 48.7 Å². The van der Waals surface area contributed by atoms with Crippen molar-refractivity contribution in [3.05, 3.63) is 54.1 Å². The molecule has 0 aromatic heterocycles. The first-order valence-electron chi connectivity index (χ1n) is 10.4. The third kappa shape index (κ3) is 4.50. The molecule has 2 aromatic rings. The van der Waals surface area contributed by atoms with Crippen LogP contribution in [0.5, 0.6) is 5.75 Å². The summed E-state index contributed by atoms with van der Waals surface area (Å²) in [6, 6.07) is 15.6. The Bertz CT molecular complexity index is 892. The Hall–Kier alpha value is -3.22. The predicted molar refractivity (Wildman–Crippen MR) is 117 cm³/mol. The van der Waals surface area contributed by atoms with Gasteiger partial charge in [-0.25, -0.2) is 4.79 Å². The molecule has 2 heterocycles. The van der Waals surface area contributed by atoms with Crippen molar-refractivity contribution in [1.29, 1.82) is 0 Å². The highest BCUT2D eigenvalue weighted by atomic mass is 16.5. The van der Waals surface area contributed by atoms with Gasteiger partial charge < -0.3 is 24.8 Å². The Balaban J connectivity index is 1.29. The van der Waals surface area contributed by atoms with Crippen LogP contribution in [-0.2, 0) is 11.3 Å². The van der Waals surface area contributed by atoms with Crippen LogP contribution in [0.25, 0.3) is 0 Å². The van der Waals surface area contributed by atoms with Gasteiger partial charge in [0, 0.05) is 51.4 Å². The molecule has 0 bridgehead atoms. The number of piperazine rings is 1. The van der Waals surface area contributed by atoms with Crippen LogP contribution < -0.4 is 15.0 Å². The number of benzene rings is 2. The smallest absolute Gasteiger partial charge is 0.321 e. The van der Waals surface area contributed by atoms with Crippen molar-refractivity contribution in [2.75, 3.05) is 50.1 Å². The number of likely N-dealkylation sites (tertiary alicyclic amines) is 1. The Morgan fingerprint density at radius 2 is 1.73 bits per heavy atom. The maximum atomic E-state index is 12.7. The summed E-state index contributed by atoms with van der Waals surface area (Å²) in [5, 5.41) is 2.98. The molecule has 0 aliphatic carbocycles. The van der Waals surface area contributed by atoms with E-state index in [-0.39, 0.29) is 11.9 Å². The SMILES string of the molecule is COc1ccccc1N1CCN(C(=O)Nc2ccc(CN3CCCC3=O)cc2)CC1. The quantitative estimate of drug-likeness (QED) is 0.825. The highest BCUT2D eigenvalue weighted by molar-refractivity contribution is 5.89. The van der Waals surface area contributed by atoms with Crippen molar-refractivity contribution in [3.8, 4) is 5.75 Å². The number of rotatable bonds is 5. The molecule has 0 radical (unpaired) electrons. The van der Waals surface area contributed by atoms with E-state index < -0.39 is 0 Å².